The molecular weight excluding hydrogens is 140 g/mol. The number of hydrogen-bond donors (Lipinski definition) is 1. The minimum atomic E-state index is -0.645. The number of aliphatic hydroxyl groups is 1. The van der Waals surface area contributed by atoms with Crippen LogP contribution >= 0.6 is 0 Å². The fourth-order valence-corrected chi connectivity index (χ4v) is 1.02. The van der Waals surface area contributed by atoms with Crippen molar-refractivity contribution in [3.8, 4) is 0 Å². The van der Waals surface area contributed by atoms with Crippen molar-refractivity contribution in [1.82, 2.24) is 0 Å². The molecule has 0 saturated carbocycles. The second kappa shape index (κ2) is 5.08. The molecule has 2 heteroatoms. The zero-order valence-corrected chi connectivity index (χ0v) is 7.21. The van der Waals surface area contributed by atoms with E-state index in [9.17, 15) is 9.90 Å². The van der Waals surface area contributed by atoms with Crippen LogP contribution in [0.25, 0.3) is 0 Å². The third kappa shape index (κ3) is 5.80. The van der Waals surface area contributed by atoms with Crippen molar-refractivity contribution in [2.45, 2.75) is 38.7 Å². The molecular formula is C9H16O2. The van der Waals surface area contributed by atoms with Gasteiger partial charge in [0, 0.05) is 0 Å². The smallest absolute Gasteiger partial charge is 0.142 e. The van der Waals surface area contributed by atoms with E-state index in [0.717, 1.165) is 19.1 Å². The van der Waals surface area contributed by atoms with Gasteiger partial charge in [0.2, 0.25) is 0 Å². The maximum absolute atomic E-state index is 9.88. The molecule has 0 spiro atoms. The van der Waals surface area contributed by atoms with E-state index in [1.54, 1.807) is 13.0 Å². The molecule has 64 valence electrons. The van der Waals surface area contributed by atoms with Crippen LogP contribution in [0, 0.1) is 0 Å². The van der Waals surface area contributed by atoms with Crippen molar-refractivity contribution < 1.29 is 9.90 Å². The van der Waals surface area contributed by atoms with E-state index in [4.69, 9.17) is 0 Å². The minimum absolute atomic E-state index is 0.555. The fraction of sp³-hybridized carbons (Fsp3) is 0.667. The Labute approximate surface area is 67.9 Å². The summed E-state index contributed by atoms with van der Waals surface area (Å²) in [5.41, 5.74) is -0.645. The Hall–Kier alpha value is -0.630. The second-order valence-electron chi connectivity index (χ2n) is 3.02. The number of allylic oxidation sites excluding steroid dienone is 1. The van der Waals surface area contributed by atoms with E-state index in [-0.39, 0.29) is 0 Å². The van der Waals surface area contributed by atoms with Gasteiger partial charge < -0.3 is 5.11 Å². The van der Waals surface area contributed by atoms with Gasteiger partial charge in [-0.15, -0.1) is 0 Å². The maximum Gasteiger partial charge on any atom is 0.142 e. The van der Waals surface area contributed by atoms with Crippen molar-refractivity contribution in [3.05, 3.63) is 12.2 Å². The van der Waals surface area contributed by atoms with Gasteiger partial charge in [0.1, 0.15) is 6.29 Å². The highest BCUT2D eigenvalue weighted by atomic mass is 16.3. The molecule has 0 heterocycles. The Bertz CT molecular complexity index is 136. The summed E-state index contributed by atoms with van der Waals surface area (Å²) in [6.45, 7) is 3.81. The van der Waals surface area contributed by atoms with Crippen molar-refractivity contribution >= 4 is 6.29 Å². The van der Waals surface area contributed by atoms with Crippen LogP contribution in [0.15, 0.2) is 12.2 Å². The topological polar surface area (TPSA) is 37.3 Å². The lowest BCUT2D eigenvalue weighted by molar-refractivity contribution is -0.104. The molecule has 0 amide bonds. The first-order chi connectivity index (χ1) is 5.12. The predicted octanol–water partition coefficient (Wildman–Crippen LogP) is 1.68. The van der Waals surface area contributed by atoms with E-state index >= 15 is 0 Å². The molecule has 0 saturated heterocycles. The fourth-order valence-electron chi connectivity index (χ4n) is 1.02. The molecule has 2 nitrogen and oxygen atoms in total. The Balaban J connectivity index is 3.71. The van der Waals surface area contributed by atoms with Gasteiger partial charge in [-0.3, -0.25) is 4.79 Å². The number of aldehydes is 1. The van der Waals surface area contributed by atoms with Gasteiger partial charge in [0.15, 0.2) is 0 Å². The summed E-state index contributed by atoms with van der Waals surface area (Å²) in [5, 5.41) is 9.57. The maximum atomic E-state index is 9.88. The van der Waals surface area contributed by atoms with Gasteiger partial charge in [-0.05, 0) is 25.8 Å². The normalized spacial score (nSPS) is 16.6. The van der Waals surface area contributed by atoms with E-state index in [1.807, 2.05) is 6.92 Å². The van der Waals surface area contributed by atoms with Crippen LogP contribution in [0.1, 0.15) is 33.1 Å². The summed E-state index contributed by atoms with van der Waals surface area (Å²) in [4.78, 5) is 9.88. The van der Waals surface area contributed by atoms with Crippen LogP contribution in [0.5, 0.6) is 0 Å². The lowest BCUT2D eigenvalue weighted by atomic mass is 9.96. The first-order valence-corrected chi connectivity index (χ1v) is 3.95. The van der Waals surface area contributed by atoms with Crippen LogP contribution in [-0.4, -0.2) is 17.0 Å². The molecule has 0 aromatic rings. The highest BCUT2D eigenvalue weighted by Crippen LogP contribution is 2.16. The Morgan fingerprint density at radius 1 is 1.55 bits per heavy atom. The molecule has 1 N–H and O–H groups in total. The Morgan fingerprint density at radius 2 is 2.18 bits per heavy atom. The number of carbonyl (C=O) groups is 1. The Morgan fingerprint density at radius 3 is 2.64 bits per heavy atom. The third-order valence-corrected chi connectivity index (χ3v) is 1.56. The minimum Gasteiger partial charge on any atom is -0.390 e. The summed E-state index contributed by atoms with van der Waals surface area (Å²) in [5.74, 6) is 0. The van der Waals surface area contributed by atoms with Crippen LogP contribution in [-0.2, 0) is 4.79 Å². The lowest BCUT2D eigenvalue weighted by Gasteiger charge is -2.19. The predicted molar refractivity (Wildman–Crippen MR) is 45.4 cm³/mol. The highest BCUT2D eigenvalue weighted by molar-refractivity contribution is 5.64. The average Bonchev–Trinajstić information content (AvgIpc) is 1.87. The van der Waals surface area contributed by atoms with E-state index < -0.39 is 5.60 Å². The van der Waals surface area contributed by atoms with E-state index in [0.29, 0.717) is 6.42 Å². The SMILES string of the molecule is CCCC(C)(O)CC=CC=O. The molecule has 0 aliphatic carbocycles. The first-order valence-electron chi connectivity index (χ1n) is 3.95. The van der Waals surface area contributed by atoms with Gasteiger partial charge in [-0.1, -0.05) is 19.4 Å². The van der Waals surface area contributed by atoms with Gasteiger partial charge in [0.05, 0.1) is 5.60 Å². The monoisotopic (exact) mass is 156 g/mol. The van der Waals surface area contributed by atoms with Crippen molar-refractivity contribution in [2.24, 2.45) is 0 Å². The first kappa shape index (κ1) is 10.4. The highest BCUT2D eigenvalue weighted by Gasteiger charge is 2.15. The van der Waals surface area contributed by atoms with Crippen LogP contribution in [0.4, 0.5) is 0 Å². The average molecular weight is 156 g/mol. The summed E-state index contributed by atoms with van der Waals surface area (Å²) in [7, 11) is 0. The molecule has 11 heavy (non-hydrogen) atoms. The summed E-state index contributed by atoms with van der Waals surface area (Å²) in [6.07, 6.45) is 6.13. The molecule has 0 bridgehead atoms. The number of hydrogen-bond acceptors (Lipinski definition) is 2. The van der Waals surface area contributed by atoms with Crippen molar-refractivity contribution in [1.29, 1.82) is 0 Å². The second-order valence-corrected chi connectivity index (χ2v) is 3.02. The quantitative estimate of drug-likeness (QED) is 0.485. The molecule has 1 atom stereocenters. The van der Waals surface area contributed by atoms with Gasteiger partial charge in [0.25, 0.3) is 0 Å². The molecule has 0 aliphatic heterocycles. The summed E-state index contributed by atoms with van der Waals surface area (Å²) in [6, 6.07) is 0. The lowest BCUT2D eigenvalue weighted by Crippen LogP contribution is -2.22. The van der Waals surface area contributed by atoms with E-state index in [1.165, 1.54) is 6.08 Å². The standard InChI is InChI=1S/C9H16O2/c1-3-6-9(2,11)7-4-5-8-10/h4-5,8,11H,3,6-7H2,1-2H3. The number of rotatable bonds is 5. The Kier molecular flexibility index (Phi) is 4.79. The van der Waals surface area contributed by atoms with Gasteiger partial charge in [-0.2, -0.15) is 0 Å². The zero-order valence-electron chi connectivity index (χ0n) is 7.21. The molecule has 0 rings (SSSR count). The van der Waals surface area contributed by atoms with Crippen LogP contribution in [0.2, 0.25) is 0 Å². The van der Waals surface area contributed by atoms with Crippen molar-refractivity contribution in [3.63, 3.8) is 0 Å². The van der Waals surface area contributed by atoms with Gasteiger partial charge >= 0.3 is 0 Å². The third-order valence-electron chi connectivity index (χ3n) is 1.56. The number of carbonyl (C=O) groups excluding carboxylic acids is 1. The molecule has 0 aliphatic rings. The van der Waals surface area contributed by atoms with Gasteiger partial charge in [-0.25, -0.2) is 0 Å². The molecule has 0 aromatic carbocycles. The van der Waals surface area contributed by atoms with E-state index in [2.05, 4.69) is 0 Å². The van der Waals surface area contributed by atoms with Crippen LogP contribution < -0.4 is 0 Å². The molecule has 0 fully saturated rings. The van der Waals surface area contributed by atoms with Crippen LogP contribution in [0.3, 0.4) is 0 Å². The molecule has 0 aromatic heterocycles. The largest absolute Gasteiger partial charge is 0.390 e. The molecule has 1 unspecified atom stereocenters. The summed E-state index contributed by atoms with van der Waals surface area (Å²) < 4.78 is 0. The molecule has 0 radical (unpaired) electrons. The zero-order chi connectivity index (χ0) is 8.74. The summed E-state index contributed by atoms with van der Waals surface area (Å²) >= 11 is 0. The van der Waals surface area contributed by atoms with Crippen molar-refractivity contribution in [2.75, 3.05) is 0 Å².